The number of hydrogen-bond acceptors (Lipinski definition) is 6. The highest BCUT2D eigenvalue weighted by Crippen LogP contribution is 2.11. The summed E-state index contributed by atoms with van der Waals surface area (Å²) in [5.74, 6) is 9.92. The van der Waals surface area contributed by atoms with Crippen LogP contribution < -0.4 is 5.73 Å². The fourth-order valence-electron chi connectivity index (χ4n) is 1.44. The minimum atomic E-state index is -0.0556. The van der Waals surface area contributed by atoms with Crippen LogP contribution in [0.4, 0.5) is 11.4 Å². The Morgan fingerprint density at radius 1 is 0.857 bits per heavy atom. The Kier molecular flexibility index (Phi) is 14.2. The summed E-state index contributed by atoms with van der Waals surface area (Å²) in [4.78, 5) is 3.78. The molecule has 0 saturated heterocycles. The fraction of sp³-hybridized carbons (Fsp3) is 0. The predicted molar refractivity (Wildman–Crippen MR) is 121 cm³/mol. The quantitative estimate of drug-likeness (QED) is 0.216. The van der Waals surface area contributed by atoms with Gasteiger partial charge in [0.15, 0.2) is 15.9 Å². The maximum absolute atomic E-state index is 8.20. The third-order valence-corrected chi connectivity index (χ3v) is 2.57. The standard InChI is InChI=1S/C10H4N2S.C9H6N2.CCl2S/c11-7-1-2-9-3-5-10(6-4-9)12-8-13;10-7-1-2-8-3-5-9(11)6-4-8;2-1(3)4/h3-6H;3-6H,11H2;. The Labute approximate surface area is 184 Å². The van der Waals surface area contributed by atoms with E-state index >= 15 is 0 Å². The van der Waals surface area contributed by atoms with Crippen LogP contribution >= 0.6 is 47.6 Å². The highest BCUT2D eigenvalue weighted by Gasteiger charge is 1.88. The van der Waals surface area contributed by atoms with Crippen molar-refractivity contribution in [3.8, 4) is 35.8 Å². The number of halogens is 2. The number of rotatable bonds is 1. The van der Waals surface area contributed by atoms with Crippen LogP contribution in [-0.4, -0.2) is 8.94 Å². The molecule has 136 valence electrons. The van der Waals surface area contributed by atoms with Crippen LogP contribution in [0.5, 0.6) is 0 Å². The van der Waals surface area contributed by atoms with Crippen LogP contribution in [0.2, 0.25) is 0 Å². The number of benzene rings is 2. The largest absolute Gasteiger partial charge is 0.399 e. The summed E-state index contributed by atoms with van der Waals surface area (Å²) < 4.78 is -0.0556. The summed E-state index contributed by atoms with van der Waals surface area (Å²) in [6.07, 6.45) is 0. The molecular weight excluding hydrogens is 431 g/mol. The lowest BCUT2D eigenvalue weighted by atomic mass is 10.2. The number of isothiocyanates is 1. The third kappa shape index (κ3) is 14.0. The maximum atomic E-state index is 8.20. The molecule has 8 heteroatoms. The van der Waals surface area contributed by atoms with Gasteiger partial charge in [0.05, 0.1) is 10.8 Å². The topological polar surface area (TPSA) is 86.0 Å². The molecule has 0 unspecified atom stereocenters. The zero-order valence-corrected chi connectivity index (χ0v) is 17.3. The minimum Gasteiger partial charge on any atom is -0.399 e. The van der Waals surface area contributed by atoms with Crippen molar-refractivity contribution in [2.24, 2.45) is 4.99 Å². The second kappa shape index (κ2) is 16.0. The minimum absolute atomic E-state index is 0.0556. The normalized spacial score (nSPS) is 7.29. The van der Waals surface area contributed by atoms with Crippen LogP contribution in [0.3, 0.4) is 0 Å². The van der Waals surface area contributed by atoms with Gasteiger partial charge in [-0.1, -0.05) is 47.3 Å². The van der Waals surface area contributed by atoms with E-state index in [1.807, 2.05) is 0 Å². The van der Waals surface area contributed by atoms with E-state index in [1.54, 1.807) is 60.7 Å². The molecule has 2 N–H and O–H groups in total. The Morgan fingerprint density at radius 2 is 1.25 bits per heavy atom. The molecule has 0 aliphatic heterocycles. The van der Waals surface area contributed by atoms with Crippen molar-refractivity contribution in [3.05, 3.63) is 59.7 Å². The van der Waals surface area contributed by atoms with Crippen molar-refractivity contribution in [3.63, 3.8) is 0 Å². The molecule has 0 saturated carbocycles. The average molecular weight is 441 g/mol. The number of thiocarbonyl (C=S) groups is 2. The van der Waals surface area contributed by atoms with Crippen molar-refractivity contribution in [1.82, 2.24) is 0 Å². The van der Waals surface area contributed by atoms with Crippen molar-refractivity contribution in [2.75, 3.05) is 5.73 Å². The lowest BCUT2D eigenvalue weighted by molar-refractivity contribution is 1.53. The molecule has 0 atom stereocenters. The summed E-state index contributed by atoms with van der Waals surface area (Å²) >= 11 is 18.1. The van der Waals surface area contributed by atoms with E-state index in [0.717, 1.165) is 16.8 Å². The molecule has 0 fully saturated rings. The van der Waals surface area contributed by atoms with E-state index in [2.05, 4.69) is 58.3 Å². The first-order chi connectivity index (χ1) is 13.4. The van der Waals surface area contributed by atoms with E-state index in [9.17, 15) is 0 Å². The molecule has 2 rings (SSSR count). The molecule has 0 bridgehead atoms. The van der Waals surface area contributed by atoms with Crippen LogP contribution in [0.1, 0.15) is 11.1 Å². The molecule has 0 radical (unpaired) electrons. The monoisotopic (exact) mass is 440 g/mol. The molecule has 0 spiro atoms. The molecule has 28 heavy (non-hydrogen) atoms. The summed E-state index contributed by atoms with van der Waals surface area (Å²) in [5, 5.41) is 18.6. The smallest absolute Gasteiger partial charge is 0.169 e. The van der Waals surface area contributed by atoms with Gasteiger partial charge in [-0.05, 0) is 60.7 Å². The van der Waals surface area contributed by atoms with Crippen LogP contribution in [-0.2, 0) is 0 Å². The van der Waals surface area contributed by atoms with Gasteiger partial charge in [0.1, 0.15) is 0 Å². The molecule has 2 aromatic rings. The first kappa shape index (κ1) is 24.8. The van der Waals surface area contributed by atoms with E-state index in [1.165, 1.54) is 0 Å². The third-order valence-electron chi connectivity index (χ3n) is 2.48. The van der Waals surface area contributed by atoms with Gasteiger partial charge in [-0.3, -0.25) is 0 Å². The number of hydrogen-bond donors (Lipinski definition) is 1. The second-order valence-electron chi connectivity index (χ2n) is 4.32. The number of aliphatic imine (C=N–C) groups is 1. The fourth-order valence-corrected chi connectivity index (χ4v) is 1.54. The van der Waals surface area contributed by atoms with E-state index in [0.29, 0.717) is 5.69 Å². The average Bonchev–Trinajstić information content (AvgIpc) is 2.67. The van der Waals surface area contributed by atoms with Crippen molar-refractivity contribution in [2.45, 2.75) is 0 Å². The molecule has 2 aromatic carbocycles. The number of nitriles is 2. The SMILES string of the molecule is N#CC#Cc1ccc(N)cc1.N#CC#Cc1ccc(N=C=S)cc1.S=C(Cl)Cl. The first-order valence-electron chi connectivity index (χ1n) is 7.11. The Morgan fingerprint density at radius 3 is 1.61 bits per heavy atom. The van der Waals surface area contributed by atoms with Gasteiger partial charge < -0.3 is 5.73 Å². The van der Waals surface area contributed by atoms with Crippen molar-refractivity contribution < 1.29 is 0 Å². The van der Waals surface area contributed by atoms with Crippen molar-refractivity contribution in [1.29, 1.82) is 10.5 Å². The van der Waals surface area contributed by atoms with Crippen LogP contribution in [0, 0.1) is 46.3 Å². The maximum Gasteiger partial charge on any atom is 0.169 e. The Hall–Kier alpha value is -3.19. The molecule has 0 aliphatic rings. The summed E-state index contributed by atoms with van der Waals surface area (Å²) in [6, 6.07) is 17.6. The molecule has 0 aromatic heterocycles. The Bertz CT molecular complexity index is 1030. The lowest BCUT2D eigenvalue weighted by Crippen LogP contribution is -1.82. The number of anilines is 1. The van der Waals surface area contributed by atoms with Crippen LogP contribution in [0.25, 0.3) is 0 Å². The zero-order valence-electron chi connectivity index (χ0n) is 14.1. The van der Waals surface area contributed by atoms with Gasteiger partial charge in [-0.2, -0.15) is 15.5 Å². The molecule has 0 aliphatic carbocycles. The lowest BCUT2D eigenvalue weighted by Gasteiger charge is -1.90. The second-order valence-corrected chi connectivity index (χ2v) is 6.31. The zero-order chi connectivity index (χ0) is 21.2. The van der Waals surface area contributed by atoms with Gasteiger partial charge in [0.2, 0.25) is 0 Å². The van der Waals surface area contributed by atoms with E-state index < -0.39 is 0 Å². The van der Waals surface area contributed by atoms with Crippen molar-refractivity contribution >= 4 is 68.0 Å². The number of nitrogen functional groups attached to an aromatic ring is 1. The van der Waals surface area contributed by atoms with Gasteiger partial charge in [0.25, 0.3) is 0 Å². The van der Waals surface area contributed by atoms with Gasteiger partial charge in [0, 0.05) is 28.7 Å². The van der Waals surface area contributed by atoms with Gasteiger partial charge in [-0.25, -0.2) is 0 Å². The highest BCUT2D eigenvalue weighted by atomic mass is 35.5. The molecule has 0 amide bonds. The summed E-state index contributed by atoms with van der Waals surface area (Å²) in [6.45, 7) is 0. The number of nitrogens with two attached hydrogens (primary N) is 1. The highest BCUT2D eigenvalue weighted by molar-refractivity contribution is 7.86. The summed E-state index contributed by atoms with van der Waals surface area (Å²) in [7, 11) is 0. The summed E-state index contributed by atoms with van der Waals surface area (Å²) in [5.41, 5.74) is 8.47. The van der Waals surface area contributed by atoms with Crippen LogP contribution in [0.15, 0.2) is 53.5 Å². The van der Waals surface area contributed by atoms with Gasteiger partial charge in [-0.15, -0.1) is 0 Å². The number of nitrogens with zero attached hydrogens (tertiary/aromatic N) is 3. The first-order valence-corrected chi connectivity index (χ1v) is 8.68. The molecule has 0 heterocycles. The van der Waals surface area contributed by atoms with Gasteiger partial charge >= 0.3 is 0 Å². The molecular formula is C20H10Cl2N4S2. The van der Waals surface area contributed by atoms with E-state index in [4.69, 9.17) is 39.5 Å². The molecule has 4 nitrogen and oxygen atoms in total. The predicted octanol–water partition coefficient (Wildman–Crippen LogP) is 5.19. The van der Waals surface area contributed by atoms with E-state index in [-0.39, 0.29) is 3.78 Å². The Balaban J connectivity index is 0.000000442.